The van der Waals surface area contributed by atoms with Gasteiger partial charge in [0.15, 0.2) is 0 Å². The Kier molecular flexibility index (Phi) is 6.11. The lowest BCUT2D eigenvalue weighted by atomic mass is 9.97. The van der Waals surface area contributed by atoms with Crippen LogP contribution in [0.5, 0.6) is 0 Å². The van der Waals surface area contributed by atoms with Gasteiger partial charge in [0.05, 0.1) is 5.75 Å². The Balaban J connectivity index is 1.68. The van der Waals surface area contributed by atoms with Crippen LogP contribution in [0.2, 0.25) is 0 Å². The Bertz CT molecular complexity index is 531. The Morgan fingerprint density at radius 1 is 1.38 bits per heavy atom. The number of nitrogens with one attached hydrogen (secondary N) is 1. The van der Waals surface area contributed by atoms with Crippen molar-refractivity contribution < 1.29 is 9.18 Å². The zero-order valence-electron chi connectivity index (χ0n) is 12.0. The average molecular weight is 308 g/mol. The SMILES string of the molecule is Nc1cc(F)ccc1SCC(=O)NCCC1=CCCCC1. The summed E-state index contributed by atoms with van der Waals surface area (Å²) in [4.78, 5) is 12.5. The molecule has 0 heterocycles. The van der Waals surface area contributed by atoms with Crippen LogP contribution in [0, 0.1) is 5.82 Å². The van der Waals surface area contributed by atoms with E-state index in [2.05, 4.69) is 11.4 Å². The summed E-state index contributed by atoms with van der Waals surface area (Å²) in [6.45, 7) is 0.685. The summed E-state index contributed by atoms with van der Waals surface area (Å²) in [7, 11) is 0. The Labute approximate surface area is 129 Å². The first-order valence-electron chi connectivity index (χ1n) is 7.27. The third-order valence-electron chi connectivity index (χ3n) is 3.48. The number of carbonyl (C=O) groups is 1. The fourth-order valence-electron chi connectivity index (χ4n) is 2.34. The maximum Gasteiger partial charge on any atom is 0.230 e. The monoisotopic (exact) mass is 308 g/mol. The predicted molar refractivity (Wildman–Crippen MR) is 85.7 cm³/mol. The highest BCUT2D eigenvalue weighted by atomic mass is 32.2. The van der Waals surface area contributed by atoms with Crippen LogP contribution in [-0.4, -0.2) is 18.2 Å². The Morgan fingerprint density at radius 3 is 2.95 bits per heavy atom. The molecule has 0 spiro atoms. The number of rotatable bonds is 6. The smallest absolute Gasteiger partial charge is 0.230 e. The van der Waals surface area contributed by atoms with Gasteiger partial charge < -0.3 is 11.1 Å². The fraction of sp³-hybridized carbons (Fsp3) is 0.438. The quantitative estimate of drug-likeness (QED) is 0.480. The zero-order chi connectivity index (χ0) is 15.1. The van der Waals surface area contributed by atoms with Gasteiger partial charge in [-0.05, 0) is 50.3 Å². The first kappa shape index (κ1) is 15.9. The maximum absolute atomic E-state index is 12.9. The molecular weight excluding hydrogens is 287 g/mol. The van der Waals surface area contributed by atoms with Gasteiger partial charge in [0.1, 0.15) is 5.82 Å². The van der Waals surface area contributed by atoms with Crippen molar-refractivity contribution in [3.05, 3.63) is 35.7 Å². The molecule has 2 rings (SSSR count). The second-order valence-electron chi connectivity index (χ2n) is 5.18. The number of hydrogen-bond acceptors (Lipinski definition) is 3. The van der Waals surface area contributed by atoms with Gasteiger partial charge in [-0.1, -0.05) is 11.6 Å². The summed E-state index contributed by atoms with van der Waals surface area (Å²) < 4.78 is 12.9. The van der Waals surface area contributed by atoms with Crippen LogP contribution in [0.4, 0.5) is 10.1 Å². The molecule has 114 valence electrons. The lowest BCUT2D eigenvalue weighted by Gasteiger charge is -2.13. The summed E-state index contributed by atoms with van der Waals surface area (Å²) in [6, 6.07) is 4.23. The Morgan fingerprint density at radius 2 is 2.24 bits per heavy atom. The first-order chi connectivity index (χ1) is 10.1. The average Bonchev–Trinajstić information content (AvgIpc) is 2.47. The standard InChI is InChI=1S/C16H21FN2OS/c17-13-6-7-15(14(18)10-13)21-11-16(20)19-9-8-12-4-2-1-3-5-12/h4,6-7,10H,1-3,5,8-9,11,18H2,(H,19,20). The highest BCUT2D eigenvalue weighted by molar-refractivity contribution is 8.00. The van der Waals surface area contributed by atoms with E-state index >= 15 is 0 Å². The molecular formula is C16H21FN2OS. The van der Waals surface area contributed by atoms with Crippen LogP contribution >= 0.6 is 11.8 Å². The zero-order valence-corrected chi connectivity index (χ0v) is 12.8. The number of nitrogen functional groups attached to an aromatic ring is 1. The van der Waals surface area contributed by atoms with Crippen LogP contribution in [0.3, 0.4) is 0 Å². The summed E-state index contributed by atoms with van der Waals surface area (Å²) in [5, 5.41) is 2.92. The van der Waals surface area contributed by atoms with Crippen LogP contribution in [-0.2, 0) is 4.79 Å². The molecule has 1 aliphatic carbocycles. The lowest BCUT2D eigenvalue weighted by molar-refractivity contribution is -0.118. The number of thioether (sulfide) groups is 1. The van der Waals surface area contributed by atoms with E-state index in [1.165, 1.54) is 48.7 Å². The van der Waals surface area contributed by atoms with Crippen LogP contribution in [0.25, 0.3) is 0 Å². The molecule has 1 aliphatic rings. The highest BCUT2D eigenvalue weighted by Gasteiger charge is 2.07. The maximum atomic E-state index is 12.9. The second kappa shape index (κ2) is 8.08. The molecule has 0 atom stereocenters. The molecule has 3 N–H and O–H groups in total. The van der Waals surface area contributed by atoms with Gasteiger partial charge in [-0.2, -0.15) is 0 Å². The number of allylic oxidation sites excluding steroid dienone is 1. The molecule has 0 aliphatic heterocycles. The van der Waals surface area contributed by atoms with Crippen molar-refractivity contribution in [2.45, 2.75) is 37.0 Å². The van der Waals surface area contributed by atoms with Crippen LogP contribution in [0.1, 0.15) is 32.1 Å². The molecule has 0 aromatic heterocycles. The molecule has 1 aromatic carbocycles. The molecule has 0 bridgehead atoms. The molecule has 1 amide bonds. The molecule has 0 fully saturated rings. The van der Waals surface area contributed by atoms with Crippen molar-refractivity contribution in [2.75, 3.05) is 18.0 Å². The fourth-order valence-corrected chi connectivity index (χ4v) is 3.12. The van der Waals surface area contributed by atoms with Gasteiger partial charge in [0.25, 0.3) is 0 Å². The van der Waals surface area contributed by atoms with Crippen molar-refractivity contribution in [3.63, 3.8) is 0 Å². The highest BCUT2D eigenvalue weighted by Crippen LogP contribution is 2.25. The number of amides is 1. The van der Waals surface area contributed by atoms with Crippen molar-refractivity contribution in [3.8, 4) is 0 Å². The second-order valence-corrected chi connectivity index (χ2v) is 6.20. The van der Waals surface area contributed by atoms with Gasteiger partial charge >= 0.3 is 0 Å². The number of anilines is 1. The molecule has 5 heteroatoms. The minimum Gasteiger partial charge on any atom is -0.398 e. The number of hydrogen-bond donors (Lipinski definition) is 2. The van der Waals surface area contributed by atoms with E-state index in [1.807, 2.05) is 0 Å². The van der Waals surface area contributed by atoms with Crippen LogP contribution in [0.15, 0.2) is 34.7 Å². The lowest BCUT2D eigenvalue weighted by Crippen LogP contribution is -2.26. The van der Waals surface area contributed by atoms with Crippen molar-refractivity contribution in [2.24, 2.45) is 0 Å². The molecule has 0 saturated heterocycles. The molecule has 0 saturated carbocycles. The van der Waals surface area contributed by atoms with E-state index in [4.69, 9.17) is 5.73 Å². The van der Waals surface area contributed by atoms with E-state index in [9.17, 15) is 9.18 Å². The first-order valence-corrected chi connectivity index (χ1v) is 8.26. The molecule has 21 heavy (non-hydrogen) atoms. The predicted octanol–water partition coefficient (Wildman–Crippen LogP) is 3.51. The topological polar surface area (TPSA) is 55.1 Å². The largest absolute Gasteiger partial charge is 0.398 e. The number of benzene rings is 1. The van der Waals surface area contributed by atoms with Gasteiger partial charge in [0.2, 0.25) is 5.91 Å². The van der Waals surface area contributed by atoms with E-state index < -0.39 is 0 Å². The van der Waals surface area contributed by atoms with Gasteiger partial charge in [-0.15, -0.1) is 11.8 Å². The summed E-state index contributed by atoms with van der Waals surface area (Å²) >= 11 is 1.33. The molecule has 3 nitrogen and oxygen atoms in total. The number of carbonyl (C=O) groups excluding carboxylic acids is 1. The molecule has 0 radical (unpaired) electrons. The van der Waals surface area contributed by atoms with Crippen molar-refractivity contribution in [1.82, 2.24) is 5.32 Å². The third kappa shape index (κ3) is 5.42. The van der Waals surface area contributed by atoms with Gasteiger partial charge in [-0.3, -0.25) is 4.79 Å². The summed E-state index contributed by atoms with van der Waals surface area (Å²) in [5.74, 6) is -0.0725. The van der Waals surface area contributed by atoms with Crippen LogP contribution < -0.4 is 11.1 Å². The van der Waals surface area contributed by atoms with Gasteiger partial charge in [0, 0.05) is 17.1 Å². The van der Waals surface area contributed by atoms with E-state index in [0.717, 1.165) is 17.7 Å². The number of nitrogens with two attached hydrogens (primary N) is 1. The minimum absolute atomic E-state index is 0.0138. The minimum atomic E-state index is -0.359. The summed E-state index contributed by atoms with van der Waals surface area (Å²) in [6.07, 6.45) is 8.11. The Hall–Kier alpha value is -1.49. The summed E-state index contributed by atoms with van der Waals surface area (Å²) in [5.41, 5.74) is 7.54. The molecule has 1 aromatic rings. The molecule has 0 unspecified atom stereocenters. The van der Waals surface area contributed by atoms with E-state index in [-0.39, 0.29) is 11.7 Å². The third-order valence-corrected chi connectivity index (χ3v) is 4.57. The van der Waals surface area contributed by atoms with Gasteiger partial charge in [-0.25, -0.2) is 4.39 Å². The normalized spacial score (nSPS) is 14.6. The van der Waals surface area contributed by atoms with Crippen molar-refractivity contribution in [1.29, 1.82) is 0 Å². The van der Waals surface area contributed by atoms with Crippen molar-refractivity contribution >= 4 is 23.4 Å². The van der Waals surface area contributed by atoms with E-state index in [1.54, 1.807) is 6.07 Å². The number of halogens is 1. The van der Waals surface area contributed by atoms with E-state index in [0.29, 0.717) is 18.0 Å².